The van der Waals surface area contributed by atoms with Crippen LogP contribution in [-0.2, 0) is 0 Å². The predicted octanol–water partition coefficient (Wildman–Crippen LogP) is 4.96. The molecule has 1 N–H and O–H groups in total. The highest BCUT2D eigenvalue weighted by molar-refractivity contribution is 5.77. The lowest BCUT2D eigenvalue weighted by Gasteiger charge is -2.17. The van der Waals surface area contributed by atoms with Crippen LogP contribution >= 0.6 is 0 Å². The Morgan fingerprint density at radius 3 is 2.15 bits per heavy atom. The second-order valence-electron chi connectivity index (χ2n) is 6.14. The van der Waals surface area contributed by atoms with Gasteiger partial charge in [-0.1, -0.05) is 63.5 Å². The topological polar surface area (TPSA) is 41.6 Å². The number of aromatic nitrogens is 3. The molecule has 1 fully saturated rings. The summed E-state index contributed by atoms with van der Waals surface area (Å²) in [5, 5.41) is 11.4. The molecule has 0 amide bonds. The van der Waals surface area contributed by atoms with E-state index in [0.717, 1.165) is 11.0 Å². The minimum atomic E-state index is 0.668. The molecule has 20 heavy (non-hydrogen) atoms. The van der Waals surface area contributed by atoms with E-state index in [1.165, 1.54) is 69.8 Å². The first-order valence-corrected chi connectivity index (χ1v) is 8.24. The Morgan fingerprint density at radius 1 is 0.800 bits per heavy atom. The molecule has 2 aromatic rings. The maximum Gasteiger partial charge on any atom is 0.116 e. The van der Waals surface area contributed by atoms with Gasteiger partial charge in [0, 0.05) is 0 Å². The zero-order valence-electron chi connectivity index (χ0n) is 12.3. The number of benzene rings is 1. The molecule has 1 heterocycles. The number of hydrogen-bond acceptors (Lipinski definition) is 2. The number of hydrogen-bond donors (Lipinski definition) is 1. The maximum atomic E-state index is 4.37. The standard InChI is InChI=1S/C17H25N3/c1-2-4-6-8-11-14(10-7-5-3-1)15-12-9-13-16-17(15)19-20-18-16/h9,12-14H,1-8,10-11H2,(H,18,19,20). The Labute approximate surface area is 121 Å². The summed E-state index contributed by atoms with van der Waals surface area (Å²) in [5.41, 5.74) is 3.51. The molecular formula is C17H25N3. The highest BCUT2D eigenvalue weighted by atomic mass is 15.3. The Bertz CT molecular complexity index is 520. The van der Waals surface area contributed by atoms with Crippen LogP contribution in [0.2, 0.25) is 0 Å². The molecule has 0 aliphatic heterocycles. The van der Waals surface area contributed by atoms with Gasteiger partial charge in [-0.15, -0.1) is 0 Å². The minimum Gasteiger partial charge on any atom is -0.197 e. The number of H-pyrrole nitrogens is 1. The lowest BCUT2D eigenvalue weighted by molar-refractivity contribution is 0.516. The fourth-order valence-electron chi connectivity index (χ4n) is 3.52. The highest BCUT2D eigenvalue weighted by Crippen LogP contribution is 2.32. The number of fused-ring (bicyclic) bond motifs is 1. The van der Waals surface area contributed by atoms with Gasteiger partial charge in [-0.05, 0) is 30.4 Å². The van der Waals surface area contributed by atoms with Crippen LogP contribution < -0.4 is 0 Å². The van der Waals surface area contributed by atoms with Gasteiger partial charge in [0.05, 0.1) is 0 Å². The van der Waals surface area contributed by atoms with Gasteiger partial charge in [0.15, 0.2) is 0 Å². The van der Waals surface area contributed by atoms with Crippen molar-refractivity contribution in [2.75, 3.05) is 0 Å². The van der Waals surface area contributed by atoms with Crippen molar-refractivity contribution in [3.05, 3.63) is 23.8 Å². The molecule has 1 saturated carbocycles. The van der Waals surface area contributed by atoms with Crippen molar-refractivity contribution < 1.29 is 0 Å². The molecule has 3 nitrogen and oxygen atoms in total. The van der Waals surface area contributed by atoms with Gasteiger partial charge in [-0.2, -0.15) is 15.4 Å². The maximum absolute atomic E-state index is 4.37. The van der Waals surface area contributed by atoms with Crippen molar-refractivity contribution in [1.29, 1.82) is 0 Å². The van der Waals surface area contributed by atoms with Gasteiger partial charge in [0.1, 0.15) is 11.0 Å². The lowest BCUT2D eigenvalue weighted by Crippen LogP contribution is -2.00. The van der Waals surface area contributed by atoms with Gasteiger partial charge in [-0.25, -0.2) is 0 Å². The van der Waals surface area contributed by atoms with E-state index in [9.17, 15) is 0 Å². The largest absolute Gasteiger partial charge is 0.197 e. The van der Waals surface area contributed by atoms with Crippen LogP contribution in [0.15, 0.2) is 18.2 Å². The predicted molar refractivity (Wildman–Crippen MR) is 82.8 cm³/mol. The molecule has 1 aliphatic rings. The van der Waals surface area contributed by atoms with Crippen molar-refractivity contribution in [3.63, 3.8) is 0 Å². The first-order chi connectivity index (χ1) is 9.95. The molecule has 0 radical (unpaired) electrons. The van der Waals surface area contributed by atoms with Crippen LogP contribution in [0.25, 0.3) is 11.0 Å². The highest BCUT2D eigenvalue weighted by Gasteiger charge is 2.16. The van der Waals surface area contributed by atoms with Crippen LogP contribution in [0.3, 0.4) is 0 Å². The van der Waals surface area contributed by atoms with Crippen molar-refractivity contribution in [1.82, 2.24) is 15.4 Å². The third-order valence-electron chi connectivity index (χ3n) is 4.67. The quantitative estimate of drug-likeness (QED) is 0.796. The molecule has 0 spiro atoms. The summed E-state index contributed by atoms with van der Waals surface area (Å²) in [5.74, 6) is 0.668. The fourth-order valence-corrected chi connectivity index (χ4v) is 3.52. The molecule has 1 aromatic carbocycles. The van der Waals surface area contributed by atoms with Gasteiger partial charge in [0.2, 0.25) is 0 Å². The molecule has 0 unspecified atom stereocenters. The van der Waals surface area contributed by atoms with Crippen LogP contribution in [0.1, 0.15) is 75.7 Å². The van der Waals surface area contributed by atoms with E-state index in [-0.39, 0.29) is 0 Å². The smallest absolute Gasteiger partial charge is 0.116 e. The van der Waals surface area contributed by atoms with E-state index in [2.05, 4.69) is 27.5 Å². The second-order valence-corrected chi connectivity index (χ2v) is 6.14. The molecule has 108 valence electrons. The van der Waals surface area contributed by atoms with Gasteiger partial charge >= 0.3 is 0 Å². The summed E-state index contributed by atoms with van der Waals surface area (Å²) < 4.78 is 0. The molecule has 1 aromatic heterocycles. The number of aromatic amines is 1. The molecular weight excluding hydrogens is 246 g/mol. The number of nitrogens with one attached hydrogen (secondary N) is 1. The zero-order valence-corrected chi connectivity index (χ0v) is 12.3. The summed E-state index contributed by atoms with van der Waals surface area (Å²) in [6.45, 7) is 0. The van der Waals surface area contributed by atoms with Crippen molar-refractivity contribution in [3.8, 4) is 0 Å². The monoisotopic (exact) mass is 271 g/mol. The van der Waals surface area contributed by atoms with Gasteiger partial charge < -0.3 is 0 Å². The molecule has 0 bridgehead atoms. The molecule has 3 rings (SSSR count). The van der Waals surface area contributed by atoms with Crippen molar-refractivity contribution in [2.24, 2.45) is 0 Å². The van der Waals surface area contributed by atoms with Gasteiger partial charge in [0.25, 0.3) is 0 Å². The van der Waals surface area contributed by atoms with Crippen LogP contribution in [0, 0.1) is 0 Å². The lowest BCUT2D eigenvalue weighted by atomic mass is 9.88. The van der Waals surface area contributed by atoms with Crippen molar-refractivity contribution in [2.45, 2.75) is 70.1 Å². The van der Waals surface area contributed by atoms with Crippen LogP contribution in [-0.4, -0.2) is 15.4 Å². The number of rotatable bonds is 1. The van der Waals surface area contributed by atoms with E-state index >= 15 is 0 Å². The first kappa shape index (κ1) is 13.6. The summed E-state index contributed by atoms with van der Waals surface area (Å²) >= 11 is 0. The molecule has 0 atom stereocenters. The summed E-state index contributed by atoms with van der Waals surface area (Å²) in [6.07, 6.45) is 13.8. The van der Waals surface area contributed by atoms with Gasteiger partial charge in [-0.3, -0.25) is 0 Å². The summed E-state index contributed by atoms with van der Waals surface area (Å²) in [6, 6.07) is 6.44. The van der Waals surface area contributed by atoms with Crippen molar-refractivity contribution >= 4 is 11.0 Å². The van der Waals surface area contributed by atoms with E-state index in [0.29, 0.717) is 5.92 Å². The average Bonchev–Trinajstić information content (AvgIpc) is 2.92. The normalized spacial score (nSPS) is 19.8. The van der Waals surface area contributed by atoms with Crippen LogP contribution in [0.4, 0.5) is 0 Å². The summed E-state index contributed by atoms with van der Waals surface area (Å²) in [4.78, 5) is 0. The van der Waals surface area contributed by atoms with E-state index in [1.807, 2.05) is 6.07 Å². The fraction of sp³-hybridized carbons (Fsp3) is 0.647. The van der Waals surface area contributed by atoms with E-state index in [4.69, 9.17) is 0 Å². The Morgan fingerprint density at radius 2 is 1.45 bits per heavy atom. The number of para-hydroxylation sites is 1. The Balaban J connectivity index is 1.79. The second kappa shape index (κ2) is 6.87. The van der Waals surface area contributed by atoms with E-state index in [1.54, 1.807) is 0 Å². The summed E-state index contributed by atoms with van der Waals surface area (Å²) in [7, 11) is 0. The molecule has 3 heteroatoms. The Kier molecular flexibility index (Phi) is 4.67. The zero-order chi connectivity index (χ0) is 13.6. The minimum absolute atomic E-state index is 0.668. The SMILES string of the molecule is c1cc(C2CCCCCCCCCC2)c2n[nH]nc2c1. The molecule has 0 saturated heterocycles. The average molecular weight is 271 g/mol. The Hall–Kier alpha value is -1.38. The first-order valence-electron chi connectivity index (χ1n) is 8.24. The third kappa shape index (κ3) is 3.20. The van der Waals surface area contributed by atoms with E-state index < -0.39 is 0 Å². The molecule has 1 aliphatic carbocycles. The number of nitrogens with zero attached hydrogens (tertiary/aromatic N) is 2. The third-order valence-corrected chi connectivity index (χ3v) is 4.67. The van der Waals surface area contributed by atoms with Crippen LogP contribution in [0.5, 0.6) is 0 Å².